The number of aryl methyl sites for hydroxylation is 1. The zero-order valence-corrected chi connectivity index (χ0v) is 25.0. The Morgan fingerprint density at radius 3 is 2.08 bits per heavy atom. The third-order valence-corrected chi connectivity index (χ3v) is 8.26. The molecule has 0 N–H and O–H groups in total. The van der Waals surface area contributed by atoms with E-state index >= 15 is 0 Å². The van der Waals surface area contributed by atoms with Crippen LogP contribution in [0.5, 0.6) is 0 Å². The summed E-state index contributed by atoms with van der Waals surface area (Å²) in [7, 11) is 18.1. The van der Waals surface area contributed by atoms with Crippen molar-refractivity contribution in [2.45, 2.75) is 17.7 Å². The first-order valence-corrected chi connectivity index (χ1v) is 14.2. The highest BCUT2D eigenvalue weighted by molar-refractivity contribution is 8.03. The third kappa shape index (κ3) is 6.86. The Morgan fingerprint density at radius 1 is 0.865 bits per heavy atom. The molecule has 0 fully saturated rings. The van der Waals surface area contributed by atoms with Crippen LogP contribution in [-0.2, 0) is 7.05 Å². The van der Waals surface area contributed by atoms with Crippen molar-refractivity contribution in [3.8, 4) is 0 Å². The van der Waals surface area contributed by atoms with Crippen LogP contribution in [0.2, 0.25) is 0 Å². The second-order valence-corrected chi connectivity index (χ2v) is 13.4. The van der Waals surface area contributed by atoms with Crippen LogP contribution in [0.15, 0.2) is 64.5 Å². The summed E-state index contributed by atoms with van der Waals surface area (Å²) in [6.45, 7) is 4.46. The third-order valence-electron chi connectivity index (χ3n) is 7.09. The van der Waals surface area contributed by atoms with E-state index in [4.69, 9.17) is 0 Å². The standard InChI is InChI=1S/C31H46N5S/c1-32-27-16-10-9-15-26(27)25(24-31-33(2)28-17-11-12-18-29(28)37-31)23-30(32)34(19-13-21-35(3,4)5)20-14-22-36(6,7)8/h9-12,15-18,23-24H,13-14,19-22H2,1-8H3/q+3. The van der Waals surface area contributed by atoms with Crippen LogP contribution in [0.25, 0.3) is 17.0 Å². The number of para-hydroxylation sites is 2. The molecule has 0 radical (unpaired) electrons. The largest absolute Gasteiger partial charge is 0.338 e. The molecule has 1 aliphatic heterocycles. The summed E-state index contributed by atoms with van der Waals surface area (Å²) in [4.78, 5) is 6.27. The average molecular weight is 521 g/mol. The molecule has 0 aliphatic carbocycles. The van der Waals surface area contributed by atoms with E-state index in [1.54, 1.807) is 0 Å². The summed E-state index contributed by atoms with van der Waals surface area (Å²) in [5.74, 6) is 1.30. The highest BCUT2D eigenvalue weighted by Crippen LogP contribution is 2.45. The van der Waals surface area contributed by atoms with Gasteiger partial charge in [-0.05, 0) is 29.8 Å². The number of anilines is 2. The van der Waals surface area contributed by atoms with Crippen molar-refractivity contribution in [1.29, 1.82) is 0 Å². The molecule has 0 saturated carbocycles. The number of thioether (sulfide) groups is 1. The number of aromatic nitrogens is 1. The highest BCUT2D eigenvalue weighted by Gasteiger charge is 2.25. The molecule has 2 heterocycles. The molecule has 0 spiro atoms. The van der Waals surface area contributed by atoms with Gasteiger partial charge in [0, 0.05) is 36.2 Å². The molecule has 4 rings (SSSR count). The van der Waals surface area contributed by atoms with Gasteiger partial charge in [0.25, 0.3) is 5.82 Å². The minimum Gasteiger partial charge on any atom is -0.338 e. The van der Waals surface area contributed by atoms with Gasteiger partial charge in [-0.25, -0.2) is 4.57 Å². The molecule has 0 atom stereocenters. The van der Waals surface area contributed by atoms with Crippen molar-refractivity contribution < 1.29 is 13.5 Å². The zero-order valence-electron chi connectivity index (χ0n) is 24.2. The van der Waals surface area contributed by atoms with Gasteiger partial charge >= 0.3 is 0 Å². The lowest BCUT2D eigenvalue weighted by Crippen LogP contribution is -2.44. The van der Waals surface area contributed by atoms with Crippen molar-refractivity contribution >= 4 is 40.2 Å². The van der Waals surface area contributed by atoms with E-state index in [0.29, 0.717) is 0 Å². The molecule has 1 aromatic heterocycles. The molecule has 198 valence electrons. The van der Waals surface area contributed by atoms with Crippen molar-refractivity contribution in [2.75, 3.05) is 85.3 Å². The number of hydrogen-bond donors (Lipinski definition) is 0. The van der Waals surface area contributed by atoms with E-state index in [2.05, 4.69) is 131 Å². The fourth-order valence-electron chi connectivity index (χ4n) is 5.06. The molecule has 0 saturated heterocycles. The number of benzene rings is 2. The molecule has 5 nitrogen and oxygen atoms in total. The number of rotatable bonds is 10. The van der Waals surface area contributed by atoms with E-state index in [9.17, 15) is 0 Å². The van der Waals surface area contributed by atoms with Gasteiger partial charge in [0.05, 0.1) is 86.2 Å². The predicted molar refractivity (Wildman–Crippen MR) is 161 cm³/mol. The van der Waals surface area contributed by atoms with E-state index in [-0.39, 0.29) is 0 Å². The Balaban J connectivity index is 1.73. The Morgan fingerprint density at radius 2 is 1.46 bits per heavy atom. The summed E-state index contributed by atoms with van der Waals surface area (Å²) < 4.78 is 4.39. The van der Waals surface area contributed by atoms with Crippen molar-refractivity contribution in [3.63, 3.8) is 0 Å². The predicted octanol–water partition coefficient (Wildman–Crippen LogP) is 5.20. The molecule has 0 bridgehead atoms. The maximum Gasteiger partial charge on any atom is 0.277 e. The van der Waals surface area contributed by atoms with Crippen LogP contribution < -0.4 is 14.4 Å². The first kappa shape index (κ1) is 27.5. The Labute approximate surface area is 228 Å². The van der Waals surface area contributed by atoms with Crippen LogP contribution in [0.4, 0.5) is 11.5 Å². The molecule has 1 aliphatic rings. The second kappa shape index (κ2) is 11.1. The molecule has 3 aromatic rings. The Hall–Kier alpha value is -2.54. The summed E-state index contributed by atoms with van der Waals surface area (Å²) in [6, 6.07) is 19.9. The van der Waals surface area contributed by atoms with Gasteiger partial charge in [0.15, 0.2) is 0 Å². The SMILES string of the molecule is CN1C(=Cc2cc(N(CCC[N+](C)(C)C)CCC[N+](C)(C)C)[n+](C)c3ccccc23)Sc2ccccc21. The highest BCUT2D eigenvalue weighted by atomic mass is 32.2. The maximum absolute atomic E-state index is 2.63. The van der Waals surface area contributed by atoms with Crippen LogP contribution in [0.1, 0.15) is 18.4 Å². The van der Waals surface area contributed by atoms with Crippen molar-refractivity contribution in [2.24, 2.45) is 7.05 Å². The molecule has 37 heavy (non-hydrogen) atoms. The van der Waals surface area contributed by atoms with Crippen LogP contribution in [-0.4, -0.2) is 84.5 Å². The Kier molecular flexibility index (Phi) is 8.22. The molecule has 2 aromatic carbocycles. The van der Waals surface area contributed by atoms with E-state index in [1.807, 2.05) is 11.8 Å². The fraction of sp³-hybridized carbons (Fsp3) is 0.452. The quantitative estimate of drug-likeness (QED) is 0.269. The maximum atomic E-state index is 2.63. The topological polar surface area (TPSA) is 10.4 Å². The van der Waals surface area contributed by atoms with Gasteiger partial charge in [0.2, 0.25) is 0 Å². The fourth-order valence-corrected chi connectivity index (χ4v) is 6.17. The number of nitrogens with zero attached hydrogens (tertiary/aromatic N) is 5. The van der Waals surface area contributed by atoms with Gasteiger partial charge in [-0.1, -0.05) is 42.1 Å². The summed E-state index contributed by atoms with van der Waals surface area (Å²) in [5.41, 5.74) is 3.85. The van der Waals surface area contributed by atoms with E-state index in [1.165, 1.54) is 63.8 Å². The number of quaternary nitrogens is 2. The van der Waals surface area contributed by atoms with Crippen molar-refractivity contribution in [1.82, 2.24) is 0 Å². The minimum absolute atomic E-state index is 0.998. The average Bonchev–Trinajstić information content (AvgIpc) is 3.14. The van der Waals surface area contributed by atoms with Gasteiger partial charge < -0.3 is 13.9 Å². The second-order valence-electron chi connectivity index (χ2n) is 12.4. The van der Waals surface area contributed by atoms with Crippen LogP contribution in [0, 0.1) is 0 Å². The monoisotopic (exact) mass is 520 g/mol. The van der Waals surface area contributed by atoms with E-state index < -0.39 is 0 Å². The molecular weight excluding hydrogens is 474 g/mol. The lowest BCUT2D eigenvalue weighted by molar-refractivity contribution is -0.870. The lowest BCUT2D eigenvalue weighted by Gasteiger charge is -2.27. The summed E-state index contributed by atoms with van der Waals surface area (Å²) in [5, 5.41) is 2.57. The Bertz CT molecular complexity index is 1250. The van der Waals surface area contributed by atoms with Gasteiger partial charge in [-0.15, -0.1) is 0 Å². The molecule has 0 amide bonds. The number of fused-ring (bicyclic) bond motifs is 2. The molecule has 0 unspecified atom stereocenters. The molecular formula is C31H46N5S+3. The smallest absolute Gasteiger partial charge is 0.277 e. The van der Waals surface area contributed by atoms with Gasteiger partial charge in [-0.3, -0.25) is 4.90 Å². The summed E-state index contributed by atoms with van der Waals surface area (Å²) in [6.07, 6.45) is 4.73. The molecule has 6 heteroatoms. The zero-order chi connectivity index (χ0) is 26.8. The van der Waals surface area contributed by atoms with Crippen LogP contribution >= 0.6 is 11.8 Å². The summed E-state index contributed by atoms with van der Waals surface area (Å²) >= 11 is 1.86. The number of pyridine rings is 1. The number of hydrogen-bond acceptors (Lipinski definition) is 3. The van der Waals surface area contributed by atoms with Gasteiger partial charge in [-0.2, -0.15) is 0 Å². The first-order chi connectivity index (χ1) is 17.4. The van der Waals surface area contributed by atoms with Gasteiger partial charge in [0.1, 0.15) is 5.52 Å². The first-order valence-electron chi connectivity index (χ1n) is 13.4. The lowest BCUT2D eigenvalue weighted by atomic mass is 10.1. The van der Waals surface area contributed by atoms with Crippen molar-refractivity contribution in [3.05, 3.63) is 65.2 Å². The normalized spacial score (nSPS) is 15.0. The van der Waals surface area contributed by atoms with Crippen LogP contribution in [0.3, 0.4) is 0 Å². The van der Waals surface area contributed by atoms with E-state index in [0.717, 1.165) is 22.1 Å². The minimum atomic E-state index is 0.998.